The summed E-state index contributed by atoms with van der Waals surface area (Å²) in [6.07, 6.45) is 1.36. The number of hydrogen-bond donors (Lipinski definition) is 2. The van der Waals surface area contributed by atoms with Gasteiger partial charge in [0.05, 0.1) is 19.3 Å². The van der Waals surface area contributed by atoms with E-state index in [0.29, 0.717) is 12.2 Å². The molecule has 0 aliphatic heterocycles. The topological polar surface area (TPSA) is 63.2 Å². The number of rotatable bonds is 4. The van der Waals surface area contributed by atoms with Gasteiger partial charge in [-0.05, 0) is 36.8 Å². The molecule has 2 aromatic rings. The van der Waals surface area contributed by atoms with E-state index in [-0.39, 0.29) is 0 Å². The molecule has 1 amide bonds. The van der Waals surface area contributed by atoms with Gasteiger partial charge in [0.15, 0.2) is 0 Å². The number of amides is 1. The number of carbonyl (C=O) groups excluding carboxylic acids is 1. The second-order valence-electron chi connectivity index (χ2n) is 4.38. The summed E-state index contributed by atoms with van der Waals surface area (Å²) in [5, 5.41) is 5.88. The highest BCUT2D eigenvalue weighted by Crippen LogP contribution is 2.16. The first-order valence-electron chi connectivity index (χ1n) is 6.28. The zero-order valence-electron chi connectivity index (χ0n) is 11.5. The average molecular weight is 271 g/mol. The van der Waals surface area contributed by atoms with Crippen molar-refractivity contribution in [1.82, 2.24) is 4.98 Å². The number of nitrogens with zero attached hydrogens (tertiary/aromatic N) is 1. The highest BCUT2D eigenvalue weighted by Gasteiger charge is 2.01. The molecule has 20 heavy (non-hydrogen) atoms. The molecule has 0 fully saturated rings. The molecule has 0 bridgehead atoms. The van der Waals surface area contributed by atoms with Crippen molar-refractivity contribution in [2.45, 2.75) is 13.5 Å². The quantitative estimate of drug-likeness (QED) is 0.896. The third-order valence-electron chi connectivity index (χ3n) is 2.74. The average Bonchev–Trinajstić information content (AvgIpc) is 2.47. The Kier molecular flexibility index (Phi) is 4.55. The minimum absolute atomic E-state index is 0.484. The van der Waals surface area contributed by atoms with Crippen LogP contribution in [0.3, 0.4) is 0 Å². The summed E-state index contributed by atoms with van der Waals surface area (Å²) in [6, 6.07) is 11.4. The summed E-state index contributed by atoms with van der Waals surface area (Å²) in [7, 11) is 1.33. The maximum atomic E-state index is 11.1. The smallest absolute Gasteiger partial charge is 0.411 e. The largest absolute Gasteiger partial charge is 0.453 e. The van der Waals surface area contributed by atoms with E-state index in [1.54, 1.807) is 6.07 Å². The van der Waals surface area contributed by atoms with Crippen molar-refractivity contribution in [2.24, 2.45) is 0 Å². The van der Waals surface area contributed by atoms with Crippen molar-refractivity contribution in [3.05, 3.63) is 53.9 Å². The Balaban J connectivity index is 1.97. The van der Waals surface area contributed by atoms with Gasteiger partial charge in [-0.15, -0.1) is 0 Å². The molecule has 0 spiro atoms. The lowest BCUT2D eigenvalue weighted by Gasteiger charge is -2.09. The number of ether oxygens (including phenoxy) is 1. The van der Waals surface area contributed by atoms with Crippen molar-refractivity contribution in [1.29, 1.82) is 0 Å². The summed E-state index contributed by atoms with van der Waals surface area (Å²) in [6.45, 7) is 2.63. The van der Waals surface area contributed by atoms with Gasteiger partial charge in [-0.25, -0.2) is 4.79 Å². The van der Waals surface area contributed by atoms with Crippen molar-refractivity contribution in [2.75, 3.05) is 17.7 Å². The van der Waals surface area contributed by atoms with Crippen LogP contribution in [0, 0.1) is 6.92 Å². The molecule has 1 heterocycles. The molecule has 0 saturated heterocycles. The summed E-state index contributed by atoms with van der Waals surface area (Å²) in [4.78, 5) is 15.5. The number of carbonyl (C=O) groups is 1. The van der Waals surface area contributed by atoms with Gasteiger partial charge in [-0.2, -0.15) is 0 Å². The van der Waals surface area contributed by atoms with Crippen LogP contribution in [0.4, 0.5) is 16.2 Å². The van der Waals surface area contributed by atoms with Crippen LogP contribution in [0.25, 0.3) is 0 Å². The Bertz CT molecular complexity index is 582. The molecule has 0 unspecified atom stereocenters. The second-order valence-corrected chi connectivity index (χ2v) is 4.38. The number of hydrogen-bond acceptors (Lipinski definition) is 4. The fourth-order valence-electron chi connectivity index (χ4n) is 1.67. The lowest BCUT2D eigenvalue weighted by molar-refractivity contribution is 0.187. The molecule has 1 aromatic carbocycles. The molecule has 1 aromatic heterocycles. The Morgan fingerprint density at radius 2 is 2.05 bits per heavy atom. The van der Waals surface area contributed by atoms with Crippen LogP contribution in [0.15, 0.2) is 42.6 Å². The minimum atomic E-state index is -0.484. The SMILES string of the molecule is COC(=O)Nc1cccc(NCc2ccc(C)cn2)c1. The standard InChI is InChI=1S/C15H17N3O2/c1-11-6-7-14(16-9-11)10-17-12-4-3-5-13(8-12)18-15(19)20-2/h3-9,17H,10H2,1-2H3,(H,18,19). The lowest BCUT2D eigenvalue weighted by atomic mass is 10.2. The maximum Gasteiger partial charge on any atom is 0.411 e. The van der Waals surface area contributed by atoms with Gasteiger partial charge in [-0.1, -0.05) is 12.1 Å². The van der Waals surface area contributed by atoms with Gasteiger partial charge in [0.2, 0.25) is 0 Å². The van der Waals surface area contributed by atoms with Crippen LogP contribution >= 0.6 is 0 Å². The van der Waals surface area contributed by atoms with Gasteiger partial charge in [-0.3, -0.25) is 10.3 Å². The molecular formula is C15H17N3O2. The Labute approximate surface area is 118 Å². The van der Waals surface area contributed by atoms with E-state index in [1.807, 2.05) is 43.5 Å². The zero-order valence-corrected chi connectivity index (χ0v) is 11.5. The Morgan fingerprint density at radius 1 is 1.25 bits per heavy atom. The van der Waals surface area contributed by atoms with E-state index < -0.39 is 6.09 Å². The number of benzene rings is 1. The molecule has 5 nitrogen and oxygen atoms in total. The molecule has 0 atom stereocenters. The third kappa shape index (κ3) is 3.98. The van der Waals surface area contributed by atoms with Gasteiger partial charge < -0.3 is 10.1 Å². The predicted molar refractivity (Wildman–Crippen MR) is 78.8 cm³/mol. The summed E-state index contributed by atoms with van der Waals surface area (Å²) < 4.78 is 4.55. The van der Waals surface area contributed by atoms with Crippen LogP contribution in [-0.4, -0.2) is 18.2 Å². The molecule has 0 aliphatic carbocycles. The van der Waals surface area contributed by atoms with Crippen LogP contribution in [0.2, 0.25) is 0 Å². The van der Waals surface area contributed by atoms with Crippen LogP contribution in [0.1, 0.15) is 11.3 Å². The Morgan fingerprint density at radius 3 is 2.75 bits per heavy atom. The molecular weight excluding hydrogens is 254 g/mol. The second kappa shape index (κ2) is 6.56. The number of methoxy groups -OCH3 is 1. The van der Waals surface area contributed by atoms with E-state index in [4.69, 9.17) is 0 Å². The van der Waals surface area contributed by atoms with Crippen molar-refractivity contribution >= 4 is 17.5 Å². The lowest BCUT2D eigenvalue weighted by Crippen LogP contribution is -2.11. The molecule has 104 valence electrons. The van der Waals surface area contributed by atoms with E-state index in [1.165, 1.54) is 7.11 Å². The van der Waals surface area contributed by atoms with Crippen LogP contribution < -0.4 is 10.6 Å². The van der Waals surface area contributed by atoms with E-state index in [0.717, 1.165) is 16.9 Å². The van der Waals surface area contributed by atoms with Gasteiger partial charge in [0.25, 0.3) is 0 Å². The zero-order chi connectivity index (χ0) is 14.4. The van der Waals surface area contributed by atoms with Gasteiger partial charge in [0, 0.05) is 17.6 Å². The number of nitrogens with one attached hydrogen (secondary N) is 2. The molecule has 2 rings (SSSR count). The number of pyridine rings is 1. The first kappa shape index (κ1) is 13.9. The number of aromatic nitrogens is 1. The third-order valence-corrected chi connectivity index (χ3v) is 2.74. The van der Waals surface area contributed by atoms with E-state index >= 15 is 0 Å². The van der Waals surface area contributed by atoms with Crippen molar-refractivity contribution < 1.29 is 9.53 Å². The van der Waals surface area contributed by atoms with Gasteiger partial charge in [0.1, 0.15) is 0 Å². The summed E-state index contributed by atoms with van der Waals surface area (Å²) in [5.41, 5.74) is 3.68. The normalized spacial score (nSPS) is 9.90. The molecule has 0 aliphatic rings. The first-order chi connectivity index (χ1) is 9.67. The van der Waals surface area contributed by atoms with Crippen LogP contribution in [0.5, 0.6) is 0 Å². The van der Waals surface area contributed by atoms with E-state index in [2.05, 4.69) is 20.4 Å². The Hall–Kier alpha value is -2.56. The summed E-state index contributed by atoms with van der Waals surface area (Å²) in [5.74, 6) is 0. The highest BCUT2D eigenvalue weighted by molar-refractivity contribution is 5.85. The molecule has 0 saturated carbocycles. The maximum absolute atomic E-state index is 11.1. The molecule has 5 heteroatoms. The monoisotopic (exact) mass is 271 g/mol. The van der Waals surface area contributed by atoms with Crippen molar-refractivity contribution in [3.63, 3.8) is 0 Å². The van der Waals surface area contributed by atoms with Crippen molar-refractivity contribution in [3.8, 4) is 0 Å². The predicted octanol–water partition coefficient (Wildman–Crippen LogP) is 3.18. The fourth-order valence-corrected chi connectivity index (χ4v) is 1.67. The van der Waals surface area contributed by atoms with Gasteiger partial charge >= 0.3 is 6.09 Å². The molecule has 0 radical (unpaired) electrons. The highest BCUT2D eigenvalue weighted by atomic mass is 16.5. The minimum Gasteiger partial charge on any atom is -0.453 e. The number of aryl methyl sites for hydroxylation is 1. The summed E-state index contributed by atoms with van der Waals surface area (Å²) >= 11 is 0. The van der Waals surface area contributed by atoms with Crippen LogP contribution in [-0.2, 0) is 11.3 Å². The fraction of sp³-hybridized carbons (Fsp3) is 0.200. The number of anilines is 2. The first-order valence-corrected chi connectivity index (χ1v) is 6.28. The molecule has 2 N–H and O–H groups in total. The van der Waals surface area contributed by atoms with E-state index in [9.17, 15) is 4.79 Å².